The maximum absolute atomic E-state index is 11.7. The second-order valence-corrected chi connectivity index (χ2v) is 7.60. The van der Waals surface area contributed by atoms with Crippen molar-refractivity contribution in [2.24, 2.45) is 5.92 Å². The normalized spacial score (nSPS) is 24.2. The van der Waals surface area contributed by atoms with Gasteiger partial charge in [0, 0.05) is 15.4 Å². The number of rotatable bonds is 2. The predicted molar refractivity (Wildman–Crippen MR) is 98.9 cm³/mol. The summed E-state index contributed by atoms with van der Waals surface area (Å²) in [7, 11) is 0. The van der Waals surface area contributed by atoms with Crippen LogP contribution in [0.1, 0.15) is 39.9 Å². The molecule has 0 bridgehead atoms. The van der Waals surface area contributed by atoms with E-state index in [1.54, 1.807) is 6.07 Å². The van der Waals surface area contributed by atoms with E-state index in [-0.39, 0.29) is 12.0 Å². The Hall–Kier alpha value is -1.78. The van der Waals surface area contributed by atoms with Gasteiger partial charge >= 0.3 is 5.97 Å². The van der Waals surface area contributed by atoms with E-state index in [1.165, 1.54) is 0 Å². The highest BCUT2D eigenvalue weighted by Gasteiger charge is 2.39. The Morgan fingerprint density at radius 1 is 1.25 bits per heavy atom. The molecule has 0 radical (unpaired) electrons. The second-order valence-electron chi connectivity index (χ2n) is 6.25. The van der Waals surface area contributed by atoms with E-state index in [0.29, 0.717) is 16.5 Å². The lowest BCUT2D eigenvalue weighted by molar-refractivity contribution is 0.0697. The summed E-state index contributed by atoms with van der Waals surface area (Å²) in [5.74, 6) is -0.331. The smallest absolute Gasteiger partial charge is 0.337 e. The quantitative estimate of drug-likeness (QED) is 0.638. The number of allylic oxidation sites excluding steroid dienone is 2. The minimum atomic E-state index is -0.921. The Morgan fingerprint density at radius 3 is 2.71 bits per heavy atom. The van der Waals surface area contributed by atoms with E-state index in [1.807, 2.05) is 30.3 Å². The summed E-state index contributed by atoms with van der Waals surface area (Å²) in [4.78, 5) is 11.7. The van der Waals surface area contributed by atoms with E-state index >= 15 is 0 Å². The molecule has 2 N–H and O–H groups in total. The molecule has 0 amide bonds. The molecule has 2 aromatic carbocycles. The summed E-state index contributed by atoms with van der Waals surface area (Å²) in [6.45, 7) is 0. The number of hydrogen-bond acceptors (Lipinski definition) is 2. The maximum Gasteiger partial charge on any atom is 0.337 e. The third kappa shape index (κ3) is 2.54. The second kappa shape index (κ2) is 5.94. The molecule has 24 heavy (non-hydrogen) atoms. The molecule has 1 aliphatic heterocycles. The van der Waals surface area contributed by atoms with Gasteiger partial charge in [-0.15, -0.1) is 0 Å². The molecule has 5 heteroatoms. The first-order valence-corrected chi connectivity index (χ1v) is 8.97. The summed E-state index contributed by atoms with van der Waals surface area (Å²) < 4.78 is 0.796. The standard InChI is InChI=1S/C19H15BrClNO2/c20-11-8-15-13-2-1-3-14(13)17(10-4-6-12(21)7-5-10)22-18(15)16(9-11)19(23)24/h1-2,4-9,13-14,17,22H,3H2,(H,23,24)/t13-,14+,17+/m1/s1. The number of hydrogen-bond donors (Lipinski definition) is 2. The van der Waals surface area contributed by atoms with Gasteiger partial charge in [-0.3, -0.25) is 0 Å². The van der Waals surface area contributed by atoms with Crippen LogP contribution < -0.4 is 5.32 Å². The Kier molecular flexibility index (Phi) is 3.89. The lowest BCUT2D eigenvalue weighted by Gasteiger charge is -2.38. The molecule has 122 valence electrons. The fraction of sp³-hybridized carbons (Fsp3) is 0.211. The van der Waals surface area contributed by atoms with Crippen molar-refractivity contribution in [3.63, 3.8) is 0 Å². The van der Waals surface area contributed by atoms with Crippen molar-refractivity contribution >= 4 is 39.2 Å². The lowest BCUT2D eigenvalue weighted by atomic mass is 9.76. The summed E-state index contributed by atoms with van der Waals surface area (Å²) in [6.07, 6.45) is 5.36. The zero-order valence-electron chi connectivity index (χ0n) is 12.7. The molecule has 4 rings (SSSR count). The van der Waals surface area contributed by atoms with Gasteiger partial charge in [0.1, 0.15) is 0 Å². The lowest BCUT2D eigenvalue weighted by Crippen LogP contribution is -2.30. The van der Waals surface area contributed by atoms with E-state index in [2.05, 4.69) is 33.4 Å². The number of nitrogens with one attached hydrogen (secondary N) is 1. The third-order valence-corrected chi connectivity index (χ3v) is 5.60. The highest BCUT2D eigenvalue weighted by molar-refractivity contribution is 9.10. The zero-order chi connectivity index (χ0) is 16.8. The predicted octanol–water partition coefficient (Wildman–Crippen LogP) is 5.63. The number of benzene rings is 2. The summed E-state index contributed by atoms with van der Waals surface area (Å²) in [5, 5.41) is 13.8. The average molecular weight is 405 g/mol. The van der Waals surface area contributed by atoms with Crippen molar-refractivity contribution in [2.45, 2.75) is 18.4 Å². The molecule has 3 nitrogen and oxygen atoms in total. The van der Waals surface area contributed by atoms with Crippen LogP contribution in [0.25, 0.3) is 0 Å². The fourth-order valence-corrected chi connectivity index (χ4v) is 4.43. The van der Waals surface area contributed by atoms with Crippen LogP contribution in [0, 0.1) is 5.92 Å². The number of aromatic carboxylic acids is 1. The molecule has 0 spiro atoms. The molecule has 0 unspecified atom stereocenters. The van der Waals surface area contributed by atoms with E-state index in [4.69, 9.17) is 11.6 Å². The van der Waals surface area contributed by atoms with Crippen molar-refractivity contribution in [3.05, 3.63) is 74.7 Å². The van der Waals surface area contributed by atoms with Gasteiger partial charge in [0.2, 0.25) is 0 Å². The van der Waals surface area contributed by atoms with Crippen LogP contribution in [0.2, 0.25) is 5.02 Å². The van der Waals surface area contributed by atoms with Crippen molar-refractivity contribution < 1.29 is 9.90 Å². The number of carboxylic acid groups (broad SMARTS) is 1. The highest BCUT2D eigenvalue weighted by Crippen LogP contribution is 2.51. The van der Waals surface area contributed by atoms with Crippen LogP contribution >= 0.6 is 27.5 Å². The molecule has 0 saturated carbocycles. The van der Waals surface area contributed by atoms with Gasteiger partial charge in [-0.05, 0) is 47.7 Å². The van der Waals surface area contributed by atoms with E-state index < -0.39 is 5.97 Å². The maximum atomic E-state index is 11.7. The van der Waals surface area contributed by atoms with Crippen molar-refractivity contribution in [3.8, 4) is 0 Å². The van der Waals surface area contributed by atoms with E-state index in [9.17, 15) is 9.90 Å². The molecule has 2 aliphatic rings. The number of fused-ring (bicyclic) bond motifs is 3. The van der Waals surface area contributed by atoms with Crippen LogP contribution in [0.5, 0.6) is 0 Å². The number of halogens is 2. The molecule has 1 heterocycles. The van der Waals surface area contributed by atoms with Crippen LogP contribution in [-0.2, 0) is 0 Å². The first-order valence-electron chi connectivity index (χ1n) is 7.80. The minimum Gasteiger partial charge on any atom is -0.478 e. The summed E-state index contributed by atoms with van der Waals surface area (Å²) in [5.41, 5.74) is 3.20. The molecule has 1 aliphatic carbocycles. The molecule has 0 fully saturated rings. The minimum absolute atomic E-state index is 0.0639. The Labute approximate surface area is 153 Å². The van der Waals surface area contributed by atoms with Gasteiger partial charge in [-0.1, -0.05) is 51.8 Å². The summed E-state index contributed by atoms with van der Waals surface area (Å²) >= 11 is 9.46. The highest BCUT2D eigenvalue weighted by atomic mass is 79.9. The fourth-order valence-electron chi connectivity index (χ4n) is 3.83. The van der Waals surface area contributed by atoms with Crippen LogP contribution in [0.4, 0.5) is 5.69 Å². The van der Waals surface area contributed by atoms with Crippen molar-refractivity contribution in [1.29, 1.82) is 0 Å². The van der Waals surface area contributed by atoms with Crippen LogP contribution in [0.15, 0.2) is 53.0 Å². The number of carbonyl (C=O) groups is 1. The van der Waals surface area contributed by atoms with Gasteiger partial charge in [0.15, 0.2) is 0 Å². The largest absolute Gasteiger partial charge is 0.478 e. The van der Waals surface area contributed by atoms with Gasteiger partial charge in [-0.2, -0.15) is 0 Å². The Balaban J connectivity index is 1.86. The SMILES string of the molecule is O=C(O)c1cc(Br)cc2c1N[C@@H](c1ccc(Cl)cc1)[C@H]1CC=C[C@@H]21. The van der Waals surface area contributed by atoms with Gasteiger partial charge < -0.3 is 10.4 Å². The molecule has 0 saturated heterocycles. The molecular formula is C19H15BrClNO2. The van der Waals surface area contributed by atoms with E-state index in [0.717, 1.165) is 27.7 Å². The first kappa shape index (κ1) is 15.7. The first-order chi connectivity index (χ1) is 11.5. The Bertz CT molecular complexity index is 847. The summed E-state index contributed by atoms with van der Waals surface area (Å²) in [6, 6.07) is 11.5. The average Bonchev–Trinajstić information content (AvgIpc) is 3.04. The van der Waals surface area contributed by atoms with Crippen molar-refractivity contribution in [2.75, 3.05) is 5.32 Å². The topological polar surface area (TPSA) is 49.3 Å². The number of carboxylic acids is 1. The zero-order valence-corrected chi connectivity index (χ0v) is 15.0. The van der Waals surface area contributed by atoms with Gasteiger partial charge in [0.05, 0.1) is 17.3 Å². The number of anilines is 1. The van der Waals surface area contributed by atoms with Gasteiger partial charge in [0.25, 0.3) is 0 Å². The Morgan fingerprint density at radius 2 is 2.00 bits per heavy atom. The van der Waals surface area contributed by atoms with Gasteiger partial charge in [-0.25, -0.2) is 4.79 Å². The van der Waals surface area contributed by atoms with Crippen LogP contribution in [0.3, 0.4) is 0 Å². The van der Waals surface area contributed by atoms with Crippen molar-refractivity contribution in [1.82, 2.24) is 0 Å². The van der Waals surface area contributed by atoms with Crippen LogP contribution in [-0.4, -0.2) is 11.1 Å². The molecular weight excluding hydrogens is 390 g/mol. The monoisotopic (exact) mass is 403 g/mol. The molecule has 3 atom stereocenters. The molecule has 2 aromatic rings. The third-order valence-electron chi connectivity index (χ3n) is 4.89. The molecule has 0 aromatic heterocycles.